The first-order valence-electron chi connectivity index (χ1n) is 7.20. The van der Waals surface area contributed by atoms with Crippen molar-refractivity contribution in [1.82, 2.24) is 0 Å². The largest absolute Gasteiger partial charge is 0.492 e. The van der Waals surface area contributed by atoms with Gasteiger partial charge >= 0.3 is 11.9 Å². The number of ether oxygens (including phenoxy) is 4. The average molecular weight is 447 g/mol. The molecule has 130 valence electrons. The third-order valence-corrected chi connectivity index (χ3v) is 4.02. The van der Waals surface area contributed by atoms with Crippen molar-refractivity contribution in [2.24, 2.45) is 0 Å². The summed E-state index contributed by atoms with van der Waals surface area (Å²) >= 11 is 2.16. The Hall–Kier alpha value is -1.81. The Morgan fingerprint density at radius 2 is 1.96 bits per heavy atom. The fourth-order valence-electron chi connectivity index (χ4n) is 2.31. The summed E-state index contributed by atoms with van der Waals surface area (Å²) in [5, 5.41) is 0. The van der Waals surface area contributed by atoms with Gasteiger partial charge in [-0.3, -0.25) is 0 Å². The summed E-state index contributed by atoms with van der Waals surface area (Å²) in [7, 11) is 2.51. The number of hydrogen-bond acceptors (Lipinski definition) is 7. The lowest BCUT2D eigenvalue weighted by atomic mass is 10.1. The first-order valence-corrected chi connectivity index (χ1v) is 8.28. The van der Waals surface area contributed by atoms with Crippen molar-refractivity contribution in [3.8, 4) is 5.75 Å². The molecular formula is C16H18INO6. The maximum atomic E-state index is 12.3. The van der Waals surface area contributed by atoms with Crippen molar-refractivity contribution in [2.75, 3.05) is 39.1 Å². The van der Waals surface area contributed by atoms with Gasteiger partial charge in [0.15, 0.2) is 0 Å². The fraction of sp³-hybridized carbons (Fsp3) is 0.375. The lowest BCUT2D eigenvalue weighted by molar-refractivity contribution is -0.140. The van der Waals surface area contributed by atoms with E-state index in [0.29, 0.717) is 18.0 Å². The highest BCUT2D eigenvalue weighted by Gasteiger charge is 2.33. The van der Waals surface area contributed by atoms with Crippen LogP contribution in [-0.4, -0.2) is 46.1 Å². The van der Waals surface area contributed by atoms with Gasteiger partial charge in [-0.15, -0.1) is 0 Å². The number of benzene rings is 1. The van der Waals surface area contributed by atoms with Crippen molar-refractivity contribution in [2.45, 2.75) is 6.92 Å². The Morgan fingerprint density at radius 3 is 2.58 bits per heavy atom. The smallest absolute Gasteiger partial charge is 0.355 e. The minimum atomic E-state index is -0.639. The minimum Gasteiger partial charge on any atom is -0.492 e. The van der Waals surface area contributed by atoms with Crippen molar-refractivity contribution in [3.05, 3.63) is 33.0 Å². The highest BCUT2D eigenvalue weighted by Crippen LogP contribution is 2.35. The quantitative estimate of drug-likeness (QED) is 0.506. The van der Waals surface area contributed by atoms with Gasteiger partial charge in [0.05, 0.1) is 38.7 Å². The predicted molar refractivity (Wildman–Crippen MR) is 94.7 cm³/mol. The summed E-state index contributed by atoms with van der Waals surface area (Å²) < 4.78 is 21.7. The molecular weight excluding hydrogens is 429 g/mol. The highest BCUT2D eigenvalue weighted by molar-refractivity contribution is 14.1. The van der Waals surface area contributed by atoms with Crippen LogP contribution < -0.4 is 9.64 Å². The van der Waals surface area contributed by atoms with Crippen molar-refractivity contribution in [3.63, 3.8) is 0 Å². The molecule has 0 amide bonds. The molecule has 1 aliphatic heterocycles. The molecule has 1 aromatic rings. The number of methoxy groups -OCH3 is 2. The van der Waals surface area contributed by atoms with Gasteiger partial charge in [-0.1, -0.05) is 0 Å². The van der Waals surface area contributed by atoms with Gasteiger partial charge < -0.3 is 23.8 Å². The molecule has 24 heavy (non-hydrogen) atoms. The van der Waals surface area contributed by atoms with Crippen molar-refractivity contribution in [1.29, 1.82) is 0 Å². The standard InChI is InChI=1S/C16H18INO6/c1-4-24-13-6-5-10(17)7-12(13)18-9-23-8-11(15(19)21-2)14(18)16(20)22-3/h5-7H,4,8-9H2,1-3H3. The van der Waals surface area contributed by atoms with Crippen LogP contribution in [0.3, 0.4) is 0 Å². The molecule has 0 saturated carbocycles. The fourth-order valence-corrected chi connectivity index (χ4v) is 2.79. The number of rotatable bonds is 5. The third-order valence-electron chi connectivity index (χ3n) is 3.34. The average Bonchev–Trinajstić information content (AvgIpc) is 2.61. The SMILES string of the molecule is CCOc1ccc(I)cc1N1COCC(C(=O)OC)=C1C(=O)OC. The zero-order valence-corrected chi connectivity index (χ0v) is 15.8. The van der Waals surface area contributed by atoms with E-state index in [2.05, 4.69) is 22.6 Å². The van der Waals surface area contributed by atoms with Crippen LogP contribution in [-0.2, 0) is 23.8 Å². The Labute approximate surface area is 153 Å². The second-order valence-corrected chi connectivity index (χ2v) is 6.01. The molecule has 0 bridgehead atoms. The summed E-state index contributed by atoms with van der Waals surface area (Å²) in [6.45, 7) is 2.39. The van der Waals surface area contributed by atoms with Crippen LogP contribution in [0.4, 0.5) is 5.69 Å². The van der Waals surface area contributed by atoms with Crippen molar-refractivity contribution < 1.29 is 28.5 Å². The monoisotopic (exact) mass is 447 g/mol. The molecule has 0 aromatic heterocycles. The molecule has 2 rings (SSSR count). The van der Waals surface area contributed by atoms with Gasteiger partial charge in [0, 0.05) is 3.57 Å². The molecule has 0 spiro atoms. The highest BCUT2D eigenvalue weighted by atomic mass is 127. The van der Waals surface area contributed by atoms with Crippen LogP contribution in [0.2, 0.25) is 0 Å². The van der Waals surface area contributed by atoms with E-state index >= 15 is 0 Å². The van der Waals surface area contributed by atoms with E-state index in [0.717, 1.165) is 3.57 Å². The Balaban J connectivity index is 2.61. The first-order chi connectivity index (χ1) is 11.5. The van der Waals surface area contributed by atoms with E-state index < -0.39 is 11.9 Å². The molecule has 7 nitrogen and oxygen atoms in total. The zero-order valence-electron chi connectivity index (χ0n) is 13.6. The number of hydrogen-bond donors (Lipinski definition) is 0. The number of halogens is 1. The van der Waals surface area contributed by atoms with Gasteiger partial charge in [-0.25, -0.2) is 9.59 Å². The number of esters is 2. The normalized spacial score (nSPS) is 14.4. The van der Waals surface area contributed by atoms with Gasteiger partial charge in [0.2, 0.25) is 0 Å². The molecule has 0 saturated heterocycles. The third kappa shape index (κ3) is 3.81. The van der Waals surface area contributed by atoms with Gasteiger partial charge in [0.25, 0.3) is 0 Å². The molecule has 8 heteroatoms. The van der Waals surface area contributed by atoms with E-state index in [4.69, 9.17) is 18.9 Å². The second kappa shape index (κ2) is 8.34. The van der Waals surface area contributed by atoms with E-state index in [-0.39, 0.29) is 24.6 Å². The molecule has 0 atom stereocenters. The van der Waals surface area contributed by atoms with E-state index in [9.17, 15) is 9.59 Å². The number of anilines is 1. The van der Waals surface area contributed by atoms with Crippen LogP contribution in [0.5, 0.6) is 5.75 Å². The van der Waals surface area contributed by atoms with Crippen LogP contribution in [0.1, 0.15) is 6.92 Å². The molecule has 1 aliphatic rings. The molecule has 0 radical (unpaired) electrons. The lowest BCUT2D eigenvalue weighted by Crippen LogP contribution is -2.39. The Kier molecular flexibility index (Phi) is 6.44. The van der Waals surface area contributed by atoms with Crippen LogP contribution in [0, 0.1) is 3.57 Å². The summed E-state index contributed by atoms with van der Waals surface area (Å²) in [5.41, 5.74) is 0.820. The number of carbonyl (C=O) groups is 2. The van der Waals surface area contributed by atoms with E-state index in [1.807, 2.05) is 25.1 Å². The summed E-state index contributed by atoms with van der Waals surface area (Å²) in [6, 6.07) is 5.54. The summed E-state index contributed by atoms with van der Waals surface area (Å²) in [5.74, 6) is -0.697. The maximum Gasteiger partial charge on any atom is 0.355 e. The first kappa shape index (κ1) is 18.5. The van der Waals surface area contributed by atoms with Gasteiger partial charge in [-0.2, -0.15) is 0 Å². The number of carbonyl (C=O) groups excluding carboxylic acids is 2. The summed E-state index contributed by atoms with van der Waals surface area (Å²) in [4.78, 5) is 25.9. The zero-order chi connectivity index (χ0) is 17.7. The van der Waals surface area contributed by atoms with Crippen LogP contribution in [0.15, 0.2) is 29.5 Å². The molecule has 1 heterocycles. The number of nitrogens with zero attached hydrogens (tertiary/aromatic N) is 1. The molecule has 0 fully saturated rings. The minimum absolute atomic E-state index is 0.0263. The Bertz CT molecular complexity index is 673. The van der Waals surface area contributed by atoms with Crippen LogP contribution >= 0.6 is 22.6 Å². The molecule has 0 aliphatic carbocycles. The van der Waals surface area contributed by atoms with E-state index in [1.165, 1.54) is 14.2 Å². The summed E-state index contributed by atoms with van der Waals surface area (Å²) in [6.07, 6.45) is 0. The lowest BCUT2D eigenvalue weighted by Gasteiger charge is -2.32. The second-order valence-electron chi connectivity index (χ2n) is 4.76. The molecule has 1 aromatic carbocycles. The predicted octanol–water partition coefficient (Wildman–Crippen LogP) is 2.08. The maximum absolute atomic E-state index is 12.3. The Morgan fingerprint density at radius 1 is 1.25 bits per heavy atom. The molecule has 0 unspecified atom stereocenters. The van der Waals surface area contributed by atoms with Crippen molar-refractivity contribution >= 4 is 40.2 Å². The van der Waals surface area contributed by atoms with Gasteiger partial charge in [0.1, 0.15) is 18.2 Å². The molecule has 0 N–H and O–H groups in total. The van der Waals surface area contributed by atoms with Gasteiger partial charge in [-0.05, 0) is 47.7 Å². The van der Waals surface area contributed by atoms with Crippen LogP contribution in [0.25, 0.3) is 0 Å². The van der Waals surface area contributed by atoms with E-state index in [1.54, 1.807) is 4.90 Å². The topological polar surface area (TPSA) is 74.3 Å².